The highest BCUT2D eigenvalue weighted by Gasteiger charge is 2.33. The molecule has 1 atom stereocenters. The quantitative estimate of drug-likeness (QED) is 0.183. The Morgan fingerprint density at radius 3 is 2.38 bits per heavy atom. The number of rotatable bonds is 9. The van der Waals surface area contributed by atoms with Gasteiger partial charge in [0.25, 0.3) is 0 Å². The number of imidazole rings is 1. The van der Waals surface area contributed by atoms with Gasteiger partial charge in [-0.1, -0.05) is 18.0 Å². The highest BCUT2D eigenvalue weighted by atomic mass is 35.5. The van der Waals surface area contributed by atoms with Gasteiger partial charge >= 0.3 is 12.2 Å². The van der Waals surface area contributed by atoms with E-state index in [-0.39, 0.29) is 11.5 Å². The Morgan fingerprint density at radius 2 is 1.68 bits per heavy atom. The Bertz CT molecular complexity index is 1510. The minimum Gasteiger partial charge on any atom is -0.330 e. The van der Waals surface area contributed by atoms with Crippen molar-refractivity contribution in [1.29, 1.82) is 0 Å². The number of alkyl halides is 3. The van der Waals surface area contributed by atoms with E-state index in [0.29, 0.717) is 35.5 Å². The molecule has 3 amide bonds. The van der Waals surface area contributed by atoms with E-state index in [1.807, 2.05) is 0 Å². The number of aromatic nitrogens is 4. The van der Waals surface area contributed by atoms with Gasteiger partial charge in [0, 0.05) is 17.1 Å². The number of carbonyl (C=O) groups excluding carboxylic acids is 2. The zero-order valence-electron chi connectivity index (χ0n) is 20.9. The van der Waals surface area contributed by atoms with E-state index in [0.717, 1.165) is 25.0 Å². The van der Waals surface area contributed by atoms with Gasteiger partial charge in [0.2, 0.25) is 5.91 Å². The molecular formula is C25H25ClF3N9O2. The first-order valence-electron chi connectivity index (χ1n) is 12.1. The molecule has 0 saturated heterocycles. The van der Waals surface area contributed by atoms with Crippen LogP contribution in [0.3, 0.4) is 0 Å². The van der Waals surface area contributed by atoms with Crippen molar-refractivity contribution in [2.24, 2.45) is 11.5 Å². The third-order valence-electron chi connectivity index (χ3n) is 5.81. The summed E-state index contributed by atoms with van der Waals surface area (Å²) < 4.78 is 40.9. The van der Waals surface area contributed by atoms with Crippen molar-refractivity contribution in [2.75, 3.05) is 22.5 Å². The summed E-state index contributed by atoms with van der Waals surface area (Å²) >= 11 is 5.62. The van der Waals surface area contributed by atoms with Crippen LogP contribution in [0.2, 0.25) is 5.02 Å². The zero-order chi connectivity index (χ0) is 28.9. The number of halogens is 4. The van der Waals surface area contributed by atoms with Gasteiger partial charge in [0.15, 0.2) is 17.0 Å². The lowest BCUT2D eigenvalue weighted by molar-refractivity contribution is -0.137. The average molecular weight is 576 g/mol. The molecule has 15 heteroatoms. The van der Waals surface area contributed by atoms with E-state index < -0.39 is 34.7 Å². The number of anilines is 3. The fourth-order valence-corrected chi connectivity index (χ4v) is 4.01. The lowest BCUT2D eigenvalue weighted by Gasteiger charge is -2.13. The number of amides is 3. The predicted octanol–water partition coefficient (Wildman–Crippen LogP) is 4.53. The second-order valence-corrected chi connectivity index (χ2v) is 9.11. The topological polar surface area (TPSA) is 166 Å². The van der Waals surface area contributed by atoms with Crippen LogP contribution in [0.4, 0.5) is 35.2 Å². The van der Waals surface area contributed by atoms with Crippen molar-refractivity contribution < 1.29 is 22.8 Å². The minimum atomic E-state index is -4.66. The summed E-state index contributed by atoms with van der Waals surface area (Å²) in [4.78, 5) is 37.5. The van der Waals surface area contributed by atoms with Gasteiger partial charge in [-0.15, -0.1) is 0 Å². The van der Waals surface area contributed by atoms with Gasteiger partial charge in [-0.25, -0.2) is 19.7 Å². The molecule has 0 aliphatic heterocycles. The Kier molecular flexibility index (Phi) is 8.82. The number of hydrogen-bond acceptors (Lipinski definition) is 7. The number of hydrogen-bond donors (Lipinski definition) is 5. The molecule has 0 radical (unpaired) electrons. The maximum atomic E-state index is 13.1. The lowest BCUT2D eigenvalue weighted by atomic mass is 10.1. The van der Waals surface area contributed by atoms with Crippen molar-refractivity contribution in [3.05, 3.63) is 65.7 Å². The smallest absolute Gasteiger partial charge is 0.330 e. The van der Waals surface area contributed by atoms with Crippen molar-refractivity contribution in [2.45, 2.75) is 31.5 Å². The van der Waals surface area contributed by atoms with Crippen molar-refractivity contribution in [3.63, 3.8) is 0 Å². The number of nitrogens with one attached hydrogen (secondary N) is 3. The van der Waals surface area contributed by atoms with E-state index in [1.54, 1.807) is 28.8 Å². The second kappa shape index (κ2) is 12.3. The fraction of sp³-hybridized carbons (Fsp3) is 0.240. The van der Waals surface area contributed by atoms with E-state index in [2.05, 4.69) is 30.9 Å². The summed E-state index contributed by atoms with van der Waals surface area (Å²) in [7, 11) is 0. The number of carbonyl (C=O) groups is 2. The van der Waals surface area contributed by atoms with Crippen LogP contribution in [-0.2, 0) is 11.0 Å². The summed E-state index contributed by atoms with van der Waals surface area (Å²) in [5.74, 6) is -0.178. The van der Waals surface area contributed by atoms with E-state index in [9.17, 15) is 22.8 Å². The monoisotopic (exact) mass is 575 g/mol. The summed E-state index contributed by atoms with van der Waals surface area (Å²) in [5.41, 5.74) is 12.1. The number of unbranched alkanes of at least 4 members (excludes halogenated alkanes) is 1. The standard InChI is InChI=1S/C25H25ClF3N9O2/c26-18-9-6-15(11-17(18)25(27,28)29)36-24(40)35-14-4-7-16(8-5-14)38-13-34-20-21(32-12-33-22(20)38)37-23(39)19(31)3-1-2-10-30/h4-9,11-13,19H,1-3,10,30-31H2,(H2,35,36,40)(H,32,33,37,39)/t19-/m0/s1. The molecule has 0 unspecified atom stereocenters. The van der Waals surface area contributed by atoms with Gasteiger partial charge < -0.3 is 27.4 Å². The van der Waals surface area contributed by atoms with Gasteiger partial charge in [0.1, 0.15) is 12.7 Å². The molecule has 11 nitrogen and oxygen atoms in total. The molecule has 40 heavy (non-hydrogen) atoms. The van der Waals surface area contributed by atoms with Crippen molar-refractivity contribution in [3.8, 4) is 5.69 Å². The third-order valence-corrected chi connectivity index (χ3v) is 6.14. The van der Waals surface area contributed by atoms with E-state index >= 15 is 0 Å². The molecule has 4 rings (SSSR count). The lowest BCUT2D eigenvalue weighted by Crippen LogP contribution is -2.35. The van der Waals surface area contributed by atoms with Crippen molar-refractivity contribution >= 4 is 51.9 Å². The molecular weight excluding hydrogens is 551 g/mol. The summed E-state index contributed by atoms with van der Waals surface area (Å²) in [5, 5.41) is 7.13. The van der Waals surface area contributed by atoms with Crippen LogP contribution in [-0.4, -0.2) is 44.0 Å². The Balaban J connectivity index is 1.44. The molecule has 2 heterocycles. The number of nitrogens with zero attached hydrogens (tertiary/aromatic N) is 4. The highest BCUT2D eigenvalue weighted by Crippen LogP contribution is 2.36. The molecule has 7 N–H and O–H groups in total. The van der Waals surface area contributed by atoms with Gasteiger partial charge in [-0.3, -0.25) is 9.36 Å². The van der Waals surface area contributed by atoms with E-state index in [1.165, 1.54) is 18.7 Å². The van der Waals surface area contributed by atoms with Crippen LogP contribution in [0.25, 0.3) is 16.9 Å². The molecule has 2 aromatic heterocycles. The van der Waals surface area contributed by atoms with Gasteiger partial charge in [-0.2, -0.15) is 13.2 Å². The van der Waals surface area contributed by atoms with Crippen LogP contribution < -0.4 is 27.4 Å². The summed E-state index contributed by atoms with van der Waals surface area (Å²) in [6, 6.07) is 8.14. The zero-order valence-corrected chi connectivity index (χ0v) is 21.6. The Hall–Kier alpha value is -4.27. The number of nitrogens with two attached hydrogens (primary N) is 2. The van der Waals surface area contributed by atoms with Gasteiger partial charge in [0.05, 0.1) is 16.6 Å². The molecule has 0 bridgehead atoms. The van der Waals surface area contributed by atoms with Crippen molar-refractivity contribution in [1.82, 2.24) is 19.5 Å². The molecule has 0 fully saturated rings. The first-order valence-corrected chi connectivity index (χ1v) is 12.4. The third kappa shape index (κ3) is 6.83. The Morgan fingerprint density at radius 1 is 0.975 bits per heavy atom. The molecule has 0 aliphatic carbocycles. The van der Waals surface area contributed by atoms with Crippen LogP contribution in [0.5, 0.6) is 0 Å². The highest BCUT2D eigenvalue weighted by molar-refractivity contribution is 6.31. The fourth-order valence-electron chi connectivity index (χ4n) is 3.78. The largest absolute Gasteiger partial charge is 0.417 e. The average Bonchev–Trinajstić information content (AvgIpc) is 3.35. The SMILES string of the molecule is NCCCC[C@H](N)C(=O)Nc1ncnc2c1ncn2-c1ccc(NC(=O)Nc2ccc(Cl)c(C(F)(F)F)c2)cc1. The molecule has 0 spiro atoms. The first-order chi connectivity index (χ1) is 19.1. The van der Waals surface area contributed by atoms with E-state index in [4.69, 9.17) is 23.1 Å². The second-order valence-electron chi connectivity index (χ2n) is 8.71. The summed E-state index contributed by atoms with van der Waals surface area (Å²) in [6.45, 7) is 0.526. The molecule has 2 aromatic carbocycles. The predicted molar refractivity (Wildman–Crippen MR) is 145 cm³/mol. The van der Waals surface area contributed by atoms with Gasteiger partial charge in [-0.05, 0) is 61.9 Å². The molecule has 0 aliphatic rings. The van der Waals surface area contributed by atoms with Crippen LogP contribution >= 0.6 is 11.6 Å². The number of urea groups is 1. The Labute approximate surface area is 231 Å². The maximum absolute atomic E-state index is 13.1. The van der Waals surface area contributed by atoms with Crippen LogP contribution in [0.15, 0.2) is 55.1 Å². The molecule has 210 valence electrons. The normalized spacial score (nSPS) is 12.2. The summed E-state index contributed by atoms with van der Waals surface area (Å²) in [6.07, 6.45) is 0.117. The van der Waals surface area contributed by atoms with Crippen LogP contribution in [0.1, 0.15) is 24.8 Å². The van der Waals surface area contributed by atoms with Crippen LogP contribution in [0, 0.1) is 0 Å². The first kappa shape index (κ1) is 28.7. The molecule has 4 aromatic rings. The maximum Gasteiger partial charge on any atom is 0.417 e. The molecule has 0 saturated carbocycles. The number of fused-ring (bicyclic) bond motifs is 1. The minimum absolute atomic E-state index is 0.0742. The number of benzene rings is 2.